The summed E-state index contributed by atoms with van der Waals surface area (Å²) in [6.45, 7) is 15.3. The number of benzene rings is 12. The highest BCUT2D eigenvalue weighted by Crippen LogP contribution is 2.42. The zero-order valence-corrected chi connectivity index (χ0v) is 83.1. The van der Waals surface area contributed by atoms with E-state index in [1.807, 2.05) is 250 Å². The summed E-state index contributed by atoms with van der Waals surface area (Å²) in [5, 5.41) is 68.5. The first-order chi connectivity index (χ1) is 70.3. The molecule has 0 saturated carbocycles. The molecule has 6 aromatic heterocycles. The van der Waals surface area contributed by atoms with Crippen LogP contribution < -0.4 is 49.5 Å². The molecule has 18 aromatic rings. The summed E-state index contributed by atoms with van der Waals surface area (Å²) in [4.78, 5) is 36.4. The monoisotopic (exact) mass is 1940 g/mol. The number of sulfonamides is 1. The smallest absolute Gasteiger partial charge is 0.337 e. The van der Waals surface area contributed by atoms with Crippen molar-refractivity contribution in [3.63, 3.8) is 0 Å². The minimum Gasteiger partial charge on any atom is -0.497 e. The number of fused-ring (bicyclic) bond motifs is 6. The van der Waals surface area contributed by atoms with Gasteiger partial charge in [-0.1, -0.05) is 78.6 Å². The SMILES string of the molecule is CCn1c(-c2ccc(C(=O)OC)cc2)c(C#N)c2cc(OC)ccc21.CCn1c(-c2ccc(N)cc2)c(C#N)c2cc(OC)ccc21.CCn1c(-c2ccc(NC(C)=O)cc2)c(C#N)c2cc(OC)ccc21.CCn1c(-c2ccc(NS(C)(=O)=O)cc2)c(C#N)c2cc(OC)ccc21.CCn1c(C#Cc2ccc(NC=O)cc2)c(C#N)c2ccc(OC)cc21.COc1ccc2c(C#N)c(C#Cc3ccccc3)[nH]c2c1. The molecule has 0 aliphatic heterocycles. The quantitative estimate of drug-likeness (QED) is 0.0193. The number of nitrogen functional groups attached to an aromatic ring is 1. The number of hydrogen-bond donors (Lipinski definition) is 5. The summed E-state index contributed by atoms with van der Waals surface area (Å²) in [6.07, 6.45) is 1.74. The molecule has 0 spiro atoms. The third-order valence-corrected chi connectivity index (χ3v) is 24.5. The minimum absolute atomic E-state index is 0.111. The van der Waals surface area contributed by atoms with E-state index in [1.165, 1.54) is 14.0 Å². The Labute approximate surface area is 840 Å². The molecule has 0 unspecified atom stereocenters. The van der Waals surface area contributed by atoms with Gasteiger partial charge in [0.2, 0.25) is 22.3 Å². The van der Waals surface area contributed by atoms with Crippen molar-refractivity contribution in [3.05, 3.63) is 322 Å². The van der Waals surface area contributed by atoms with Crippen molar-refractivity contribution in [2.24, 2.45) is 0 Å². The number of nitrogens with one attached hydrogen (secondary N) is 4. The number of hydrogen-bond acceptors (Lipinski definition) is 19. The average Bonchev–Trinajstić information content (AvgIpc) is 1.61. The highest BCUT2D eigenvalue weighted by Gasteiger charge is 2.26. The van der Waals surface area contributed by atoms with E-state index >= 15 is 0 Å². The molecular formula is C116H102N16O12S. The Balaban J connectivity index is 0.000000146. The molecule has 0 aliphatic rings. The number of H-pyrrole nitrogens is 1. The Bertz CT molecular complexity index is 8440. The minimum atomic E-state index is -3.33. The van der Waals surface area contributed by atoms with Crippen LogP contribution in [0.4, 0.5) is 22.7 Å². The molecule has 6 heterocycles. The van der Waals surface area contributed by atoms with Gasteiger partial charge in [-0.05, 0) is 251 Å². The lowest BCUT2D eigenvalue weighted by Gasteiger charge is -2.10. The number of aryl methyl sites for hydroxylation is 5. The molecular weight excluding hydrogens is 1840 g/mol. The van der Waals surface area contributed by atoms with Crippen LogP contribution in [0, 0.1) is 91.7 Å². The fourth-order valence-electron chi connectivity index (χ4n) is 17.2. The zero-order chi connectivity index (χ0) is 104. The van der Waals surface area contributed by atoms with Gasteiger partial charge in [-0.3, -0.25) is 14.3 Å². The fourth-order valence-corrected chi connectivity index (χ4v) is 17.8. The number of aromatic amines is 1. The summed E-state index contributed by atoms with van der Waals surface area (Å²) in [7, 11) is 7.71. The Morgan fingerprint density at radius 3 is 1.10 bits per heavy atom. The molecule has 724 valence electrons. The number of methoxy groups -OCH3 is 7. The molecule has 145 heavy (non-hydrogen) atoms. The molecule has 0 fully saturated rings. The van der Waals surface area contributed by atoms with Gasteiger partial charge in [0.25, 0.3) is 0 Å². The molecule has 0 atom stereocenters. The fraction of sp³-hybridized carbons (Fsp3) is 0.164. The second kappa shape index (κ2) is 47.4. The van der Waals surface area contributed by atoms with Crippen molar-refractivity contribution in [2.75, 3.05) is 77.1 Å². The topological polar surface area (TPSA) is 395 Å². The molecule has 2 amide bonds. The van der Waals surface area contributed by atoms with E-state index in [0.29, 0.717) is 98.4 Å². The number of ether oxygens (including phenoxy) is 7. The number of carbonyl (C=O) groups excluding carboxylic acids is 3. The molecule has 0 bridgehead atoms. The van der Waals surface area contributed by atoms with Crippen LogP contribution in [0.25, 0.3) is 110 Å². The standard InChI is InChI=1S/C21H17N3O2.C20H19N3O2.C20H18N2O3.C19H19N3O3S.C18H17N3O.C18H12N2O/c1-3-24-20(11-6-15-4-7-16(8-5-15)23-14-25)19(13-22)18-10-9-17(26-2)12-21(18)24;1-4-23-19-10-9-16(25-3)11-17(19)18(12-21)20(23)14-5-7-15(8-6-14)22-13(2)24;1-4-22-18-10-9-15(24-2)11-16(18)17(12-21)19(22)13-5-7-14(8-6-13)20(23)25-3;1-4-22-18-10-9-15(25-2)11-16(18)17(12-20)19(22)13-5-7-14(8-6-13)21-26(3,23)24;1-3-21-17-9-8-14(22-2)10-15(17)16(11-19)18(21)12-4-6-13(20)7-5-12;1-21-14-8-9-15-16(12-19)17(20-18(15)11-14)10-7-13-5-3-2-4-6-13/h4-5,7-10,12,14H,3H2,1-2H3,(H,23,25);5-11H,4H2,1-3H3,(H,22,24);5-11H,4H2,1-3H3;5-11,21H,4H2,1-3H3;4-10H,3,20H2,1-2H3;2-6,8-9,11,20H,1H3. The van der Waals surface area contributed by atoms with Gasteiger partial charge >= 0.3 is 5.97 Å². The Hall–Kier alpha value is -19.3. The average molecular weight is 1940 g/mol. The molecule has 6 N–H and O–H groups in total. The molecule has 12 aromatic carbocycles. The van der Waals surface area contributed by atoms with E-state index in [1.54, 1.807) is 79.1 Å². The first kappa shape index (κ1) is 103. The molecule has 0 saturated heterocycles. The van der Waals surface area contributed by atoms with E-state index in [2.05, 4.69) is 113 Å². The summed E-state index contributed by atoms with van der Waals surface area (Å²) >= 11 is 0. The van der Waals surface area contributed by atoms with Crippen molar-refractivity contribution in [2.45, 2.75) is 74.3 Å². The number of rotatable bonds is 21. The van der Waals surface area contributed by atoms with Crippen LogP contribution in [0.3, 0.4) is 0 Å². The Morgan fingerprint density at radius 1 is 0.372 bits per heavy atom. The number of nitriles is 6. The van der Waals surface area contributed by atoms with Gasteiger partial charge in [0.1, 0.15) is 82.3 Å². The van der Waals surface area contributed by atoms with Crippen LogP contribution in [0.5, 0.6) is 34.5 Å². The third-order valence-electron chi connectivity index (χ3n) is 23.9. The highest BCUT2D eigenvalue weighted by molar-refractivity contribution is 7.92. The van der Waals surface area contributed by atoms with E-state index in [4.69, 9.17) is 38.9 Å². The van der Waals surface area contributed by atoms with Gasteiger partial charge in [-0.15, -0.1) is 0 Å². The predicted octanol–water partition coefficient (Wildman–Crippen LogP) is 22.5. The maximum absolute atomic E-state index is 11.6. The van der Waals surface area contributed by atoms with E-state index in [0.717, 1.165) is 176 Å². The van der Waals surface area contributed by atoms with Crippen LogP contribution >= 0.6 is 0 Å². The van der Waals surface area contributed by atoms with Gasteiger partial charge in [0, 0.05) is 118 Å². The van der Waals surface area contributed by atoms with Crippen molar-refractivity contribution < 1.29 is 56.0 Å². The van der Waals surface area contributed by atoms with Gasteiger partial charge in [-0.2, -0.15) is 31.6 Å². The third kappa shape index (κ3) is 22.8. The number of carbonyl (C=O) groups is 3. The van der Waals surface area contributed by atoms with Crippen molar-refractivity contribution in [1.82, 2.24) is 27.8 Å². The predicted molar refractivity (Wildman–Crippen MR) is 569 cm³/mol. The van der Waals surface area contributed by atoms with Crippen molar-refractivity contribution in [3.8, 4) is 140 Å². The normalized spacial score (nSPS) is 10.4. The number of esters is 1. The molecule has 0 aliphatic carbocycles. The molecule has 0 radical (unpaired) electrons. The van der Waals surface area contributed by atoms with E-state index in [-0.39, 0.29) is 11.9 Å². The summed E-state index contributed by atoms with van der Waals surface area (Å²) in [6, 6.07) is 94.2. The number of amides is 2. The van der Waals surface area contributed by atoms with Crippen LogP contribution in [-0.4, -0.2) is 111 Å². The first-order valence-corrected chi connectivity index (χ1v) is 47.7. The summed E-state index contributed by atoms with van der Waals surface area (Å²) in [5.41, 5.74) is 28.4. The summed E-state index contributed by atoms with van der Waals surface area (Å²) < 4.78 is 72.1. The second-order valence-electron chi connectivity index (χ2n) is 32.3. The molecule has 29 heteroatoms. The van der Waals surface area contributed by atoms with E-state index in [9.17, 15) is 54.4 Å². The van der Waals surface area contributed by atoms with Gasteiger partial charge < -0.3 is 77.3 Å². The Morgan fingerprint density at radius 2 is 0.724 bits per heavy atom. The maximum Gasteiger partial charge on any atom is 0.337 e. The largest absolute Gasteiger partial charge is 0.497 e. The van der Waals surface area contributed by atoms with Gasteiger partial charge in [-0.25, -0.2) is 13.2 Å². The number of anilines is 4. The van der Waals surface area contributed by atoms with Gasteiger partial charge in [0.05, 0.1) is 151 Å². The maximum atomic E-state index is 11.6. The van der Waals surface area contributed by atoms with Crippen LogP contribution in [0.15, 0.2) is 261 Å². The zero-order valence-electron chi connectivity index (χ0n) is 82.2. The van der Waals surface area contributed by atoms with Crippen molar-refractivity contribution >= 4 is 116 Å². The second-order valence-corrected chi connectivity index (χ2v) is 34.1. The highest BCUT2D eigenvalue weighted by atomic mass is 32.2. The van der Waals surface area contributed by atoms with Crippen LogP contribution in [-0.2, 0) is 57.1 Å². The Kier molecular flexibility index (Phi) is 33.7. The number of nitrogens with zero attached hydrogens (tertiary/aromatic N) is 11. The lowest BCUT2D eigenvalue weighted by atomic mass is 10.0. The number of aromatic nitrogens is 6. The molecule has 28 nitrogen and oxygen atoms in total. The number of nitrogens with two attached hydrogens (primary N) is 1. The first-order valence-electron chi connectivity index (χ1n) is 45.8. The van der Waals surface area contributed by atoms with Crippen molar-refractivity contribution in [1.29, 1.82) is 31.6 Å². The lowest BCUT2D eigenvalue weighted by molar-refractivity contribution is -0.114. The lowest BCUT2D eigenvalue weighted by Crippen LogP contribution is -2.09. The van der Waals surface area contributed by atoms with Crippen LogP contribution in [0.1, 0.15) is 108 Å². The molecule has 18 rings (SSSR count). The van der Waals surface area contributed by atoms with Gasteiger partial charge in [0.15, 0.2) is 0 Å². The summed E-state index contributed by atoms with van der Waals surface area (Å²) in [5.74, 6) is 16.2. The van der Waals surface area contributed by atoms with Crippen LogP contribution in [0.2, 0.25) is 0 Å². The van der Waals surface area contributed by atoms with E-state index < -0.39 is 10.0 Å².